The van der Waals surface area contributed by atoms with Crippen molar-refractivity contribution in [1.29, 1.82) is 0 Å². The van der Waals surface area contributed by atoms with Crippen LogP contribution in [0, 0.1) is 5.92 Å². The average molecular weight is 292 g/mol. The van der Waals surface area contributed by atoms with Crippen LogP contribution >= 0.6 is 0 Å². The van der Waals surface area contributed by atoms with Gasteiger partial charge in [0.2, 0.25) is 0 Å². The first kappa shape index (κ1) is 16.7. The number of carboxylic acid groups (broad SMARTS) is 1. The minimum atomic E-state index is -0.998. The van der Waals surface area contributed by atoms with Crippen LogP contribution in [0.1, 0.15) is 12.5 Å². The number of hydrogen-bond acceptors (Lipinski definition) is 3. The highest BCUT2D eigenvalue weighted by molar-refractivity contribution is 5.89. The predicted molar refractivity (Wildman–Crippen MR) is 81.2 cm³/mol. The fraction of sp³-hybridized carbons (Fsp3) is 0.333. The Kier molecular flexibility index (Phi) is 6.97. The van der Waals surface area contributed by atoms with Crippen molar-refractivity contribution >= 4 is 23.8 Å². The number of anilines is 1. The molecule has 6 heteroatoms. The number of amides is 2. The van der Waals surface area contributed by atoms with E-state index in [1.54, 1.807) is 31.4 Å². The van der Waals surface area contributed by atoms with Crippen LogP contribution in [-0.2, 0) is 9.53 Å². The Morgan fingerprint density at radius 2 is 2.00 bits per heavy atom. The molecule has 1 unspecified atom stereocenters. The summed E-state index contributed by atoms with van der Waals surface area (Å²) in [4.78, 5) is 22.1. The normalized spacial score (nSPS) is 12.1. The molecule has 0 spiro atoms. The monoisotopic (exact) mass is 292 g/mol. The van der Waals surface area contributed by atoms with Gasteiger partial charge >= 0.3 is 12.0 Å². The van der Waals surface area contributed by atoms with Gasteiger partial charge in [0.25, 0.3) is 0 Å². The lowest BCUT2D eigenvalue weighted by atomic mass is 10.2. The summed E-state index contributed by atoms with van der Waals surface area (Å²) < 4.78 is 4.99. The van der Waals surface area contributed by atoms with Crippen molar-refractivity contribution in [2.45, 2.75) is 6.92 Å². The van der Waals surface area contributed by atoms with Crippen molar-refractivity contribution in [3.63, 3.8) is 0 Å². The number of urea groups is 1. The van der Waals surface area contributed by atoms with Gasteiger partial charge in [-0.2, -0.15) is 0 Å². The van der Waals surface area contributed by atoms with Gasteiger partial charge in [-0.3, -0.25) is 0 Å². The van der Waals surface area contributed by atoms with Crippen LogP contribution in [0.2, 0.25) is 0 Å². The van der Waals surface area contributed by atoms with Crippen molar-refractivity contribution in [1.82, 2.24) is 5.32 Å². The second-order valence-corrected chi connectivity index (χ2v) is 4.69. The number of rotatable bonds is 7. The molecule has 1 rings (SSSR count). The minimum Gasteiger partial charge on any atom is -0.478 e. The first-order valence-corrected chi connectivity index (χ1v) is 6.56. The largest absolute Gasteiger partial charge is 0.478 e. The third-order valence-electron chi connectivity index (χ3n) is 2.65. The molecule has 2 amide bonds. The summed E-state index contributed by atoms with van der Waals surface area (Å²) in [6.07, 6.45) is 2.55. The highest BCUT2D eigenvalue weighted by atomic mass is 16.5. The molecule has 0 heterocycles. The molecule has 0 aliphatic rings. The second kappa shape index (κ2) is 8.76. The van der Waals surface area contributed by atoms with Gasteiger partial charge in [0, 0.05) is 25.4 Å². The van der Waals surface area contributed by atoms with Crippen LogP contribution in [0.5, 0.6) is 0 Å². The van der Waals surface area contributed by atoms with Gasteiger partial charge < -0.3 is 20.5 Å². The summed E-state index contributed by atoms with van der Waals surface area (Å²) in [7, 11) is 1.62. The molecule has 1 aromatic rings. The Balaban J connectivity index is 2.44. The number of carboxylic acids is 1. The van der Waals surface area contributed by atoms with E-state index in [4.69, 9.17) is 9.84 Å². The van der Waals surface area contributed by atoms with Gasteiger partial charge in [0.1, 0.15) is 0 Å². The Bertz CT molecular complexity index is 497. The molecule has 1 atom stereocenters. The van der Waals surface area contributed by atoms with Crippen molar-refractivity contribution in [2.75, 3.05) is 25.6 Å². The van der Waals surface area contributed by atoms with E-state index in [1.165, 1.54) is 6.08 Å². The summed E-state index contributed by atoms with van der Waals surface area (Å²) in [5.41, 5.74) is 1.39. The van der Waals surface area contributed by atoms with Crippen LogP contribution in [-0.4, -0.2) is 37.4 Å². The van der Waals surface area contributed by atoms with Crippen molar-refractivity contribution in [3.8, 4) is 0 Å². The van der Waals surface area contributed by atoms with E-state index in [-0.39, 0.29) is 11.9 Å². The molecule has 0 aromatic heterocycles. The molecule has 3 N–H and O–H groups in total. The molecule has 0 saturated heterocycles. The third kappa shape index (κ3) is 7.12. The molecule has 1 aromatic carbocycles. The Morgan fingerprint density at radius 1 is 1.33 bits per heavy atom. The number of aliphatic carboxylic acids is 1. The molecule has 0 aliphatic heterocycles. The van der Waals surface area contributed by atoms with E-state index in [0.717, 1.165) is 11.6 Å². The number of benzene rings is 1. The lowest BCUT2D eigenvalue weighted by molar-refractivity contribution is -0.131. The average Bonchev–Trinajstić information content (AvgIpc) is 2.45. The first-order valence-electron chi connectivity index (χ1n) is 6.56. The maximum absolute atomic E-state index is 11.7. The van der Waals surface area contributed by atoms with Crippen LogP contribution in [0.4, 0.5) is 10.5 Å². The van der Waals surface area contributed by atoms with Gasteiger partial charge in [0.05, 0.1) is 6.61 Å². The fourth-order valence-electron chi connectivity index (χ4n) is 1.63. The molecule has 0 aliphatic carbocycles. The van der Waals surface area contributed by atoms with E-state index in [1.807, 2.05) is 6.92 Å². The van der Waals surface area contributed by atoms with Crippen molar-refractivity contribution < 1.29 is 19.4 Å². The zero-order valence-corrected chi connectivity index (χ0v) is 12.1. The van der Waals surface area contributed by atoms with Crippen LogP contribution in [0.15, 0.2) is 30.3 Å². The maximum Gasteiger partial charge on any atom is 0.328 e. The number of carbonyl (C=O) groups excluding carboxylic acids is 1. The van der Waals surface area contributed by atoms with Crippen LogP contribution in [0.3, 0.4) is 0 Å². The standard InChI is InChI=1S/C15H20N2O4/c1-11(10-21-2)9-16-15(20)17-13-6-3-12(4-7-13)5-8-14(18)19/h3-8,11H,9-10H2,1-2H3,(H,18,19)(H2,16,17,20). The Morgan fingerprint density at radius 3 is 2.57 bits per heavy atom. The van der Waals surface area contributed by atoms with E-state index >= 15 is 0 Å². The van der Waals surface area contributed by atoms with Gasteiger partial charge in [-0.15, -0.1) is 0 Å². The van der Waals surface area contributed by atoms with Gasteiger partial charge in [0.15, 0.2) is 0 Å². The minimum absolute atomic E-state index is 0.240. The van der Waals surface area contributed by atoms with E-state index in [0.29, 0.717) is 18.8 Å². The molecular weight excluding hydrogens is 272 g/mol. The number of nitrogens with one attached hydrogen (secondary N) is 2. The highest BCUT2D eigenvalue weighted by Gasteiger charge is 2.05. The van der Waals surface area contributed by atoms with E-state index in [2.05, 4.69) is 10.6 Å². The lowest BCUT2D eigenvalue weighted by Crippen LogP contribution is -2.33. The van der Waals surface area contributed by atoms with Crippen molar-refractivity contribution in [3.05, 3.63) is 35.9 Å². The molecular formula is C15H20N2O4. The predicted octanol–water partition coefficient (Wildman–Crippen LogP) is 2.19. The maximum atomic E-state index is 11.7. The van der Waals surface area contributed by atoms with E-state index < -0.39 is 5.97 Å². The van der Waals surface area contributed by atoms with E-state index in [9.17, 15) is 9.59 Å². The summed E-state index contributed by atoms with van der Waals surface area (Å²) in [5, 5.41) is 14.0. The topological polar surface area (TPSA) is 87.7 Å². The summed E-state index contributed by atoms with van der Waals surface area (Å²) in [6, 6.07) is 6.58. The van der Waals surface area contributed by atoms with Gasteiger partial charge in [-0.25, -0.2) is 9.59 Å². The summed E-state index contributed by atoms with van der Waals surface area (Å²) in [6.45, 7) is 3.09. The summed E-state index contributed by atoms with van der Waals surface area (Å²) in [5.74, 6) is -0.758. The van der Waals surface area contributed by atoms with Gasteiger partial charge in [-0.05, 0) is 29.7 Å². The molecule has 0 fully saturated rings. The Labute approximate surface area is 123 Å². The fourth-order valence-corrected chi connectivity index (χ4v) is 1.63. The quantitative estimate of drug-likeness (QED) is 0.672. The number of ether oxygens (including phenoxy) is 1. The smallest absolute Gasteiger partial charge is 0.328 e. The molecule has 0 bridgehead atoms. The Hall–Kier alpha value is -2.34. The number of carbonyl (C=O) groups is 2. The van der Waals surface area contributed by atoms with Gasteiger partial charge in [-0.1, -0.05) is 19.1 Å². The highest BCUT2D eigenvalue weighted by Crippen LogP contribution is 2.10. The molecule has 0 saturated carbocycles. The van der Waals surface area contributed by atoms with Crippen LogP contribution in [0.25, 0.3) is 6.08 Å². The molecule has 114 valence electrons. The first-order chi connectivity index (χ1) is 10.0. The number of methoxy groups -OCH3 is 1. The second-order valence-electron chi connectivity index (χ2n) is 4.69. The summed E-state index contributed by atoms with van der Waals surface area (Å²) >= 11 is 0. The van der Waals surface area contributed by atoms with Crippen molar-refractivity contribution in [2.24, 2.45) is 5.92 Å². The molecule has 6 nitrogen and oxygen atoms in total. The molecule has 0 radical (unpaired) electrons. The number of hydrogen-bond donors (Lipinski definition) is 3. The zero-order valence-electron chi connectivity index (χ0n) is 12.1. The lowest BCUT2D eigenvalue weighted by Gasteiger charge is -2.12. The zero-order chi connectivity index (χ0) is 15.7. The SMILES string of the molecule is COCC(C)CNC(=O)Nc1ccc(C=CC(=O)O)cc1. The van der Waals surface area contributed by atoms with Crippen LogP contribution < -0.4 is 10.6 Å². The molecule has 21 heavy (non-hydrogen) atoms. The third-order valence-corrected chi connectivity index (χ3v) is 2.65.